The molecule has 0 unspecified atom stereocenters. The molecular weight excluding hydrogens is 614 g/mol. The molecule has 0 bridgehead atoms. The van der Waals surface area contributed by atoms with E-state index in [2.05, 4.69) is 21.2 Å². The fourth-order valence-electron chi connectivity index (χ4n) is 4.56. The summed E-state index contributed by atoms with van der Waals surface area (Å²) in [6.45, 7) is 3.35. The molecule has 0 aliphatic heterocycles. The van der Waals surface area contributed by atoms with Crippen molar-refractivity contribution in [2.24, 2.45) is 0 Å². The van der Waals surface area contributed by atoms with Gasteiger partial charge in [0, 0.05) is 23.5 Å². The zero-order valence-electron chi connectivity index (χ0n) is 23.6. The quantitative estimate of drug-likeness (QED) is 0.210. The summed E-state index contributed by atoms with van der Waals surface area (Å²) in [5, 5.41) is 2.96. The monoisotopic (exact) mass is 647 g/mol. The number of hydrogen-bond acceptors (Lipinski definition) is 4. The number of nitrogens with zero attached hydrogens (tertiary/aromatic N) is 2. The van der Waals surface area contributed by atoms with Gasteiger partial charge in [0.15, 0.2) is 0 Å². The minimum Gasteiger partial charge on any atom is -0.352 e. The number of para-hydroxylation sites is 1. The first-order valence-electron chi connectivity index (χ1n) is 13.7. The highest BCUT2D eigenvalue weighted by Crippen LogP contribution is 2.25. The van der Waals surface area contributed by atoms with Gasteiger partial charge in [-0.15, -0.1) is 0 Å². The van der Waals surface area contributed by atoms with Crippen LogP contribution in [0.3, 0.4) is 0 Å². The Morgan fingerprint density at radius 3 is 1.88 bits per heavy atom. The maximum absolute atomic E-state index is 14.3. The Kier molecular flexibility index (Phi) is 10.5. The normalized spacial score (nSPS) is 12.0. The van der Waals surface area contributed by atoms with Gasteiger partial charge >= 0.3 is 0 Å². The molecule has 0 saturated carbocycles. The summed E-state index contributed by atoms with van der Waals surface area (Å²) in [7, 11) is -4.11. The molecule has 4 aromatic carbocycles. The van der Waals surface area contributed by atoms with Gasteiger partial charge in [-0.25, -0.2) is 8.42 Å². The number of carbonyl (C=O) groups excluding carboxylic acids is 2. The van der Waals surface area contributed by atoms with Gasteiger partial charge in [0.1, 0.15) is 12.6 Å². The van der Waals surface area contributed by atoms with E-state index in [4.69, 9.17) is 0 Å². The Morgan fingerprint density at radius 1 is 0.762 bits per heavy atom. The van der Waals surface area contributed by atoms with Crippen molar-refractivity contribution < 1.29 is 18.0 Å². The Hall–Kier alpha value is -3.95. The number of sulfonamides is 1. The second kappa shape index (κ2) is 14.3. The first-order valence-corrected chi connectivity index (χ1v) is 15.9. The summed E-state index contributed by atoms with van der Waals surface area (Å²) < 4.78 is 29.8. The first kappa shape index (κ1) is 31.0. The predicted octanol–water partition coefficient (Wildman–Crippen LogP) is 5.81. The van der Waals surface area contributed by atoms with Gasteiger partial charge in [0.05, 0.1) is 10.6 Å². The lowest BCUT2D eigenvalue weighted by molar-refractivity contribution is -0.140. The smallest absolute Gasteiger partial charge is 0.264 e. The average Bonchev–Trinajstić information content (AvgIpc) is 2.99. The van der Waals surface area contributed by atoms with Crippen molar-refractivity contribution in [1.29, 1.82) is 0 Å². The predicted molar refractivity (Wildman–Crippen MR) is 169 cm³/mol. The number of benzene rings is 4. The van der Waals surface area contributed by atoms with Crippen LogP contribution < -0.4 is 9.62 Å². The molecule has 0 spiro atoms. The molecule has 1 atom stereocenters. The highest BCUT2D eigenvalue weighted by molar-refractivity contribution is 9.10. The van der Waals surface area contributed by atoms with Crippen LogP contribution in [0.2, 0.25) is 0 Å². The topological polar surface area (TPSA) is 86.8 Å². The molecule has 0 aliphatic carbocycles. The van der Waals surface area contributed by atoms with Crippen molar-refractivity contribution >= 4 is 43.5 Å². The van der Waals surface area contributed by atoms with Crippen LogP contribution in [0.1, 0.15) is 25.0 Å². The van der Waals surface area contributed by atoms with Crippen LogP contribution in [-0.4, -0.2) is 43.8 Å². The van der Waals surface area contributed by atoms with E-state index in [1.807, 2.05) is 68.4 Å². The second-order valence-corrected chi connectivity index (χ2v) is 13.0. The lowest BCUT2D eigenvalue weighted by Gasteiger charge is -2.34. The Morgan fingerprint density at radius 2 is 1.31 bits per heavy atom. The number of amides is 2. The fourth-order valence-corrected chi connectivity index (χ4v) is 6.26. The minimum atomic E-state index is -4.11. The van der Waals surface area contributed by atoms with Gasteiger partial charge in [0.2, 0.25) is 11.8 Å². The highest BCUT2D eigenvalue weighted by Gasteiger charge is 2.34. The molecule has 0 saturated heterocycles. The van der Waals surface area contributed by atoms with E-state index in [1.54, 1.807) is 48.5 Å². The van der Waals surface area contributed by atoms with Crippen molar-refractivity contribution in [2.75, 3.05) is 10.8 Å². The van der Waals surface area contributed by atoms with E-state index in [0.717, 1.165) is 19.9 Å². The van der Waals surface area contributed by atoms with Gasteiger partial charge in [-0.3, -0.25) is 13.9 Å². The summed E-state index contributed by atoms with van der Waals surface area (Å²) in [5.41, 5.74) is 2.04. The van der Waals surface area contributed by atoms with Crippen molar-refractivity contribution in [3.8, 4) is 0 Å². The van der Waals surface area contributed by atoms with E-state index < -0.39 is 28.5 Å². The third-order valence-electron chi connectivity index (χ3n) is 6.62. The van der Waals surface area contributed by atoms with Gasteiger partial charge in [0.25, 0.3) is 10.0 Å². The molecular formula is C33H34BrN3O4S. The first-order chi connectivity index (χ1) is 20.1. The maximum Gasteiger partial charge on any atom is 0.264 e. The summed E-state index contributed by atoms with van der Waals surface area (Å²) in [5.74, 6) is -0.808. The molecule has 0 aromatic heterocycles. The third-order valence-corrected chi connectivity index (χ3v) is 8.94. The number of anilines is 1. The lowest BCUT2D eigenvalue weighted by atomic mass is 10.0. The largest absolute Gasteiger partial charge is 0.352 e. The number of carbonyl (C=O) groups is 2. The summed E-state index contributed by atoms with van der Waals surface area (Å²) in [4.78, 5) is 29.6. The molecule has 0 heterocycles. The second-order valence-electron chi connectivity index (χ2n) is 10.2. The zero-order valence-corrected chi connectivity index (χ0v) is 26.0. The van der Waals surface area contributed by atoms with Crippen LogP contribution >= 0.6 is 15.9 Å². The molecule has 42 heavy (non-hydrogen) atoms. The molecule has 7 nitrogen and oxygen atoms in total. The summed E-state index contributed by atoms with van der Waals surface area (Å²) in [6, 6.07) is 32.5. The Labute approximate surface area is 256 Å². The molecule has 2 amide bonds. The Balaban J connectivity index is 1.78. The van der Waals surface area contributed by atoms with Crippen LogP contribution in [-0.2, 0) is 32.6 Å². The standard InChI is InChI=1S/C33H34BrN3O4S/c1-25(2)35-33(39)31(22-26-12-6-3-7-13-26)36(23-27-18-20-28(34)21-19-27)32(38)24-37(29-14-8-4-9-15-29)42(40,41)30-16-10-5-11-17-30/h3-21,25,31H,22-24H2,1-2H3,(H,35,39)/t31-/m1/s1. The molecule has 0 radical (unpaired) electrons. The highest BCUT2D eigenvalue weighted by atomic mass is 79.9. The van der Waals surface area contributed by atoms with Crippen LogP contribution in [0.5, 0.6) is 0 Å². The lowest BCUT2D eigenvalue weighted by Crippen LogP contribution is -2.54. The van der Waals surface area contributed by atoms with Gasteiger partial charge in [-0.05, 0) is 61.4 Å². The molecule has 0 fully saturated rings. The van der Waals surface area contributed by atoms with Crippen molar-refractivity contribution in [3.05, 3.63) is 131 Å². The van der Waals surface area contributed by atoms with Gasteiger partial charge < -0.3 is 10.2 Å². The SMILES string of the molecule is CC(C)NC(=O)[C@@H](Cc1ccccc1)N(Cc1ccc(Br)cc1)C(=O)CN(c1ccccc1)S(=O)(=O)c1ccccc1. The van der Waals surface area contributed by atoms with E-state index in [0.29, 0.717) is 5.69 Å². The van der Waals surface area contributed by atoms with E-state index in [1.165, 1.54) is 17.0 Å². The molecule has 0 aliphatic rings. The van der Waals surface area contributed by atoms with E-state index >= 15 is 0 Å². The van der Waals surface area contributed by atoms with Crippen molar-refractivity contribution in [2.45, 2.75) is 43.8 Å². The minimum absolute atomic E-state index is 0.0690. The molecule has 1 N–H and O–H groups in total. The Bertz CT molecular complexity index is 1570. The van der Waals surface area contributed by atoms with Crippen LogP contribution in [0, 0.1) is 0 Å². The van der Waals surface area contributed by atoms with Gasteiger partial charge in [-0.2, -0.15) is 0 Å². The summed E-state index contributed by atoms with van der Waals surface area (Å²) >= 11 is 3.45. The zero-order chi connectivity index (χ0) is 30.1. The fraction of sp³-hybridized carbons (Fsp3) is 0.212. The molecule has 4 rings (SSSR count). The number of halogens is 1. The number of rotatable bonds is 12. The van der Waals surface area contributed by atoms with Crippen LogP contribution in [0.4, 0.5) is 5.69 Å². The maximum atomic E-state index is 14.3. The summed E-state index contributed by atoms with van der Waals surface area (Å²) in [6.07, 6.45) is 0.262. The average molecular weight is 649 g/mol. The van der Waals surface area contributed by atoms with E-state index in [-0.39, 0.29) is 29.8 Å². The van der Waals surface area contributed by atoms with Crippen molar-refractivity contribution in [3.63, 3.8) is 0 Å². The van der Waals surface area contributed by atoms with Crippen LogP contribution in [0.25, 0.3) is 0 Å². The van der Waals surface area contributed by atoms with E-state index in [9.17, 15) is 18.0 Å². The molecule has 4 aromatic rings. The molecule has 218 valence electrons. The third kappa shape index (κ3) is 8.08. The molecule has 9 heteroatoms. The van der Waals surface area contributed by atoms with Gasteiger partial charge in [-0.1, -0.05) is 94.8 Å². The number of nitrogens with one attached hydrogen (secondary N) is 1. The van der Waals surface area contributed by atoms with Crippen molar-refractivity contribution in [1.82, 2.24) is 10.2 Å². The number of hydrogen-bond donors (Lipinski definition) is 1. The van der Waals surface area contributed by atoms with Crippen LogP contribution in [0.15, 0.2) is 125 Å².